The second-order valence-corrected chi connectivity index (χ2v) is 23.8. The monoisotopic (exact) mass is 726 g/mol. The highest BCUT2D eigenvalue weighted by molar-refractivity contribution is 7.15. The fourth-order valence-corrected chi connectivity index (χ4v) is 24.1. The minimum absolute atomic E-state index is 0.948. The molecule has 52 heavy (non-hydrogen) atoms. The van der Waals surface area contributed by atoms with E-state index in [2.05, 4.69) is 219 Å². The van der Waals surface area contributed by atoms with Crippen molar-refractivity contribution in [1.29, 1.82) is 0 Å². The molecule has 258 valence electrons. The van der Waals surface area contributed by atoms with Gasteiger partial charge < -0.3 is 8.23 Å². The molecule has 0 N–H and O–H groups in total. The van der Waals surface area contributed by atoms with E-state index in [1.54, 1.807) is 0 Å². The van der Waals surface area contributed by atoms with Crippen LogP contribution in [0.2, 0.25) is 6.04 Å². The summed E-state index contributed by atoms with van der Waals surface area (Å²) in [5.41, 5.74) is 0. The lowest BCUT2D eigenvalue weighted by Gasteiger charge is -2.47. The summed E-state index contributed by atoms with van der Waals surface area (Å²) in [6.45, 7) is 2.28. The van der Waals surface area contributed by atoms with Gasteiger partial charge in [-0.3, -0.25) is 0 Å². The summed E-state index contributed by atoms with van der Waals surface area (Å²) in [6.07, 6.45) is 3.34. The van der Waals surface area contributed by atoms with Gasteiger partial charge in [0.05, 0.1) is 0 Å². The highest BCUT2D eigenvalue weighted by Crippen LogP contribution is 2.27. The average molecular weight is 727 g/mol. The Bertz CT molecular complexity index is 1910. The van der Waals surface area contributed by atoms with Gasteiger partial charge in [0.1, 0.15) is 0 Å². The summed E-state index contributed by atoms with van der Waals surface area (Å²) in [4.78, 5) is 0. The van der Waals surface area contributed by atoms with Crippen LogP contribution in [0.5, 0.6) is 0 Å². The van der Waals surface area contributed by atoms with Crippen LogP contribution in [-0.2, 0) is 8.23 Å². The SMILES string of the molecule is CCCCC[Si](O[Si](O[Si](c1ccccc1)(c1ccccc1)c1ccccc1)(c1ccccc1)c1ccccc1)(c1ccccc1)c1ccccc1. The molecule has 0 fully saturated rings. The molecule has 0 spiro atoms. The molecule has 0 bridgehead atoms. The van der Waals surface area contributed by atoms with Crippen LogP contribution in [0.4, 0.5) is 0 Å². The lowest BCUT2D eigenvalue weighted by Crippen LogP contribution is -2.81. The molecule has 0 aliphatic heterocycles. The molecule has 0 radical (unpaired) electrons. The standard InChI is InChI=1S/C47H46O2Si3/c1-2-3-25-40-50(41-26-11-4-12-27-41,42-28-13-5-14-29-42)48-52(46-36-21-9-22-37-46,47-38-23-10-24-39-47)49-51(43-30-15-6-16-31-43,44-32-17-7-18-33-44)45-34-19-8-20-35-45/h4-24,26-39H,2-3,25,40H2,1H3. The number of hydrogen-bond acceptors (Lipinski definition) is 2. The summed E-state index contributed by atoms with van der Waals surface area (Å²) < 4.78 is 17.1. The Morgan fingerprint density at radius 2 is 0.615 bits per heavy atom. The van der Waals surface area contributed by atoms with E-state index in [0.29, 0.717) is 0 Å². The lowest BCUT2D eigenvalue weighted by molar-refractivity contribution is 0.422. The van der Waals surface area contributed by atoms with Crippen molar-refractivity contribution in [3.63, 3.8) is 0 Å². The van der Waals surface area contributed by atoms with Crippen LogP contribution in [0.1, 0.15) is 26.2 Å². The van der Waals surface area contributed by atoms with E-state index in [4.69, 9.17) is 8.23 Å². The Morgan fingerprint density at radius 3 is 0.923 bits per heavy atom. The first-order valence-electron chi connectivity index (χ1n) is 18.5. The van der Waals surface area contributed by atoms with Gasteiger partial charge in [-0.25, -0.2) is 0 Å². The molecule has 7 aromatic carbocycles. The molecule has 0 aliphatic carbocycles. The Labute approximate surface area is 312 Å². The van der Waals surface area contributed by atoms with E-state index in [-0.39, 0.29) is 0 Å². The third-order valence-corrected chi connectivity index (χ3v) is 24.2. The zero-order valence-electron chi connectivity index (χ0n) is 29.9. The highest BCUT2D eigenvalue weighted by atomic mass is 28.5. The summed E-state index contributed by atoms with van der Waals surface area (Å²) in [5, 5.41) is 8.35. The van der Waals surface area contributed by atoms with Crippen LogP contribution in [0.25, 0.3) is 0 Å². The van der Waals surface area contributed by atoms with Gasteiger partial charge in [-0.05, 0) is 42.4 Å². The molecular formula is C47H46O2Si3. The van der Waals surface area contributed by atoms with Gasteiger partial charge in [0.15, 0.2) is 0 Å². The predicted octanol–water partition coefficient (Wildman–Crippen LogP) is 6.89. The van der Waals surface area contributed by atoms with Crippen molar-refractivity contribution in [2.24, 2.45) is 0 Å². The first-order valence-corrected chi connectivity index (χ1v) is 24.3. The Morgan fingerprint density at radius 1 is 0.327 bits per heavy atom. The number of unbranched alkanes of at least 4 members (excludes halogenated alkanes) is 2. The predicted molar refractivity (Wildman–Crippen MR) is 226 cm³/mol. The second kappa shape index (κ2) is 16.6. The van der Waals surface area contributed by atoms with Crippen LogP contribution in [0.15, 0.2) is 212 Å². The van der Waals surface area contributed by atoms with Gasteiger partial charge in [0.25, 0.3) is 8.32 Å². The average Bonchev–Trinajstić information content (AvgIpc) is 3.24. The molecule has 0 heterocycles. The van der Waals surface area contributed by atoms with Crippen molar-refractivity contribution in [2.75, 3.05) is 0 Å². The molecule has 7 aromatic rings. The molecule has 0 saturated heterocycles. The smallest absolute Gasteiger partial charge is 0.387 e. The summed E-state index contributed by atoms with van der Waals surface area (Å²) in [7, 11) is -10.0. The van der Waals surface area contributed by atoms with E-state index in [1.165, 1.54) is 25.9 Å². The Balaban J connectivity index is 1.61. The quantitative estimate of drug-likeness (QED) is 0.0651. The van der Waals surface area contributed by atoms with E-state index >= 15 is 0 Å². The van der Waals surface area contributed by atoms with Crippen molar-refractivity contribution in [2.45, 2.75) is 32.2 Å². The maximum Gasteiger partial charge on any atom is 0.387 e. The van der Waals surface area contributed by atoms with Crippen molar-refractivity contribution in [3.05, 3.63) is 212 Å². The molecule has 0 atom stereocenters. The van der Waals surface area contributed by atoms with Gasteiger partial charge in [-0.15, -0.1) is 0 Å². The van der Waals surface area contributed by atoms with E-state index in [0.717, 1.165) is 35.7 Å². The molecule has 2 nitrogen and oxygen atoms in total. The van der Waals surface area contributed by atoms with Gasteiger partial charge in [-0.1, -0.05) is 239 Å². The van der Waals surface area contributed by atoms with Crippen LogP contribution in [0, 0.1) is 0 Å². The van der Waals surface area contributed by atoms with Crippen LogP contribution in [0.3, 0.4) is 0 Å². The fraction of sp³-hybridized carbons (Fsp3) is 0.106. The molecule has 7 rings (SSSR count). The second-order valence-electron chi connectivity index (χ2n) is 13.3. The van der Waals surface area contributed by atoms with Gasteiger partial charge in [0, 0.05) is 0 Å². The molecule has 0 aromatic heterocycles. The maximum absolute atomic E-state index is 8.55. The van der Waals surface area contributed by atoms with Crippen LogP contribution in [-0.4, -0.2) is 25.2 Å². The molecule has 0 aliphatic rings. The van der Waals surface area contributed by atoms with E-state index < -0.39 is 25.2 Å². The van der Waals surface area contributed by atoms with Gasteiger partial charge in [-0.2, -0.15) is 0 Å². The van der Waals surface area contributed by atoms with Gasteiger partial charge in [0.2, 0.25) is 8.32 Å². The molecule has 0 amide bonds. The Hall–Kier alpha value is -4.89. The summed E-state index contributed by atoms with van der Waals surface area (Å²) >= 11 is 0. The summed E-state index contributed by atoms with van der Waals surface area (Å²) in [6, 6.07) is 77.7. The van der Waals surface area contributed by atoms with E-state index in [1.807, 2.05) is 0 Å². The van der Waals surface area contributed by atoms with Crippen molar-refractivity contribution < 1.29 is 8.23 Å². The minimum Gasteiger partial charge on any atom is -0.422 e. The summed E-state index contributed by atoms with van der Waals surface area (Å²) in [5.74, 6) is 0. The van der Waals surface area contributed by atoms with Crippen LogP contribution >= 0.6 is 0 Å². The third kappa shape index (κ3) is 7.11. The normalized spacial score (nSPS) is 12.0. The third-order valence-electron chi connectivity index (χ3n) is 10.1. The van der Waals surface area contributed by atoms with Gasteiger partial charge >= 0.3 is 8.56 Å². The zero-order chi connectivity index (χ0) is 35.5. The largest absolute Gasteiger partial charge is 0.422 e. The highest BCUT2D eigenvalue weighted by Gasteiger charge is 2.57. The number of hydrogen-bond donors (Lipinski definition) is 0. The molecule has 0 unspecified atom stereocenters. The van der Waals surface area contributed by atoms with Crippen molar-refractivity contribution in [1.82, 2.24) is 0 Å². The first-order chi connectivity index (χ1) is 25.7. The minimum atomic E-state index is -3.67. The van der Waals surface area contributed by atoms with Crippen molar-refractivity contribution >= 4 is 61.5 Å². The number of rotatable bonds is 15. The molecule has 5 heteroatoms. The van der Waals surface area contributed by atoms with E-state index in [9.17, 15) is 0 Å². The lowest BCUT2D eigenvalue weighted by atomic mass is 10.3. The number of benzene rings is 7. The first kappa shape index (κ1) is 35.5. The maximum atomic E-state index is 8.55. The van der Waals surface area contributed by atoms with Crippen LogP contribution < -0.4 is 36.3 Å². The topological polar surface area (TPSA) is 18.5 Å². The molecule has 0 saturated carbocycles. The molecular weight excluding hydrogens is 681 g/mol. The zero-order valence-corrected chi connectivity index (χ0v) is 32.9. The fourth-order valence-electron chi connectivity index (χ4n) is 7.56. The van der Waals surface area contributed by atoms with Crippen molar-refractivity contribution in [3.8, 4) is 0 Å². The Kier molecular flexibility index (Phi) is 11.4.